The van der Waals surface area contributed by atoms with Crippen LogP contribution in [0.3, 0.4) is 0 Å². The predicted molar refractivity (Wildman–Crippen MR) is 59.0 cm³/mol. The third-order valence-corrected chi connectivity index (χ3v) is 4.43. The molecule has 0 amide bonds. The summed E-state index contributed by atoms with van der Waals surface area (Å²) in [6.07, 6.45) is 8.39. The van der Waals surface area contributed by atoms with Crippen LogP contribution in [0, 0.1) is 0 Å². The molecule has 0 saturated heterocycles. The molecule has 0 spiro atoms. The van der Waals surface area contributed by atoms with E-state index in [0.29, 0.717) is 11.8 Å². The van der Waals surface area contributed by atoms with E-state index in [1.54, 1.807) is 0 Å². The highest BCUT2D eigenvalue weighted by atomic mass is 32.1. The van der Waals surface area contributed by atoms with E-state index < -0.39 is 0 Å². The van der Waals surface area contributed by atoms with Crippen LogP contribution < -0.4 is 0 Å². The quantitative estimate of drug-likeness (QED) is 0.565. The Morgan fingerprint density at radius 3 is 1.80 bits per heavy atom. The van der Waals surface area contributed by atoms with Gasteiger partial charge in [0.15, 0.2) is 12.6 Å². The minimum Gasteiger partial charge on any atom is -0.297 e. The lowest BCUT2D eigenvalue weighted by Gasteiger charge is -2.31. The zero-order chi connectivity index (χ0) is 10.4. The summed E-state index contributed by atoms with van der Waals surface area (Å²) < 4.78 is 0. The molecule has 2 unspecified atom stereocenters. The Hall–Kier alpha value is -1.22. The molecule has 0 aromatic carbocycles. The molecule has 15 heavy (non-hydrogen) atoms. The number of allylic oxidation sites excluding steroid dienone is 2. The largest absolute Gasteiger partial charge is 0.297 e. The van der Waals surface area contributed by atoms with E-state index in [4.69, 9.17) is 0 Å². The van der Waals surface area contributed by atoms with Crippen LogP contribution >= 0.6 is 11.3 Å². The number of carbonyl (C=O) groups excluding carboxylic acids is 2. The van der Waals surface area contributed by atoms with Crippen LogP contribution in [0.4, 0.5) is 0 Å². The molecule has 3 heteroatoms. The number of hydrogen-bond acceptors (Lipinski definition) is 3. The van der Waals surface area contributed by atoms with Crippen molar-refractivity contribution in [2.75, 3.05) is 0 Å². The topological polar surface area (TPSA) is 34.1 Å². The second-order valence-electron chi connectivity index (χ2n) is 4.07. The number of carbonyl (C=O) groups is 2. The lowest BCUT2D eigenvalue weighted by Crippen LogP contribution is -2.17. The summed E-state index contributed by atoms with van der Waals surface area (Å²) in [5, 5.41) is 0. The average Bonchev–Trinajstić information content (AvgIpc) is 2.71. The molecular weight excluding hydrogens is 208 g/mol. The summed E-state index contributed by atoms with van der Waals surface area (Å²) in [4.78, 5) is 23.4. The molecule has 0 N–H and O–H groups in total. The summed E-state index contributed by atoms with van der Waals surface area (Å²) >= 11 is 1.35. The first-order valence-corrected chi connectivity index (χ1v) is 5.92. The van der Waals surface area contributed by atoms with Gasteiger partial charge in [-0.3, -0.25) is 9.59 Å². The fraction of sp³-hybridized carbons (Fsp3) is 0.333. The Labute approximate surface area is 91.6 Å². The molecule has 0 aliphatic heterocycles. The standard InChI is InChI=1S/C12H10O2S/c13-5-9-11-7-1-2-8(4-3-7)12(11)10(6-14)15-9/h1-2,5-8H,3-4H2. The molecule has 0 radical (unpaired) electrons. The van der Waals surface area contributed by atoms with Crippen LogP contribution in [0.5, 0.6) is 0 Å². The Morgan fingerprint density at radius 1 is 1.00 bits per heavy atom. The van der Waals surface area contributed by atoms with Crippen molar-refractivity contribution in [1.29, 1.82) is 0 Å². The maximum atomic E-state index is 11.0. The van der Waals surface area contributed by atoms with E-state index in [1.807, 2.05) is 0 Å². The van der Waals surface area contributed by atoms with Gasteiger partial charge in [0.2, 0.25) is 0 Å². The molecule has 0 fully saturated rings. The fourth-order valence-corrected chi connectivity index (χ4v) is 3.81. The first-order valence-electron chi connectivity index (χ1n) is 5.10. The molecule has 4 rings (SSSR count). The van der Waals surface area contributed by atoms with E-state index in [0.717, 1.165) is 46.3 Å². The van der Waals surface area contributed by atoms with Gasteiger partial charge in [-0.15, -0.1) is 11.3 Å². The third-order valence-electron chi connectivity index (χ3n) is 3.36. The summed E-state index contributed by atoms with van der Waals surface area (Å²) in [6, 6.07) is 0. The molecule has 3 aliphatic rings. The Bertz CT molecular complexity index is 430. The second kappa shape index (κ2) is 3.14. The molecule has 1 aromatic rings. The van der Waals surface area contributed by atoms with Crippen LogP contribution in [0.25, 0.3) is 0 Å². The Morgan fingerprint density at radius 2 is 1.47 bits per heavy atom. The number of thiophene rings is 1. The molecule has 0 saturated carbocycles. The van der Waals surface area contributed by atoms with Gasteiger partial charge in [0.25, 0.3) is 0 Å². The number of rotatable bonds is 2. The van der Waals surface area contributed by atoms with Crippen molar-refractivity contribution < 1.29 is 9.59 Å². The zero-order valence-electron chi connectivity index (χ0n) is 8.10. The van der Waals surface area contributed by atoms with Gasteiger partial charge in [-0.1, -0.05) is 12.2 Å². The normalized spacial score (nSPS) is 26.4. The average molecular weight is 218 g/mol. The first kappa shape index (κ1) is 9.04. The van der Waals surface area contributed by atoms with Crippen LogP contribution in [-0.2, 0) is 0 Å². The SMILES string of the molecule is O=Cc1sc(C=O)c2c1C1C=CC2CC1. The number of hydrogen-bond donors (Lipinski definition) is 0. The van der Waals surface area contributed by atoms with E-state index in [2.05, 4.69) is 12.2 Å². The molecule has 1 heterocycles. The van der Waals surface area contributed by atoms with Crippen molar-refractivity contribution in [2.45, 2.75) is 24.7 Å². The van der Waals surface area contributed by atoms with Crippen molar-refractivity contribution in [1.82, 2.24) is 0 Å². The Balaban J connectivity index is 2.29. The highest BCUT2D eigenvalue weighted by molar-refractivity contribution is 7.15. The Kier molecular flexibility index (Phi) is 1.89. The van der Waals surface area contributed by atoms with Crippen molar-refractivity contribution in [3.05, 3.63) is 33.0 Å². The van der Waals surface area contributed by atoms with Gasteiger partial charge in [-0.05, 0) is 24.0 Å². The summed E-state index contributed by atoms with van der Waals surface area (Å²) in [7, 11) is 0. The van der Waals surface area contributed by atoms with Gasteiger partial charge >= 0.3 is 0 Å². The molecular formula is C12H10O2S. The van der Waals surface area contributed by atoms with E-state index in [9.17, 15) is 9.59 Å². The molecule has 76 valence electrons. The van der Waals surface area contributed by atoms with Crippen LogP contribution in [0.15, 0.2) is 12.2 Å². The third kappa shape index (κ3) is 1.10. The molecule has 3 aliphatic carbocycles. The number of aldehydes is 2. The molecule has 2 atom stereocenters. The first-order chi connectivity index (χ1) is 7.35. The molecule has 2 bridgehead atoms. The lowest BCUT2D eigenvalue weighted by molar-refractivity contribution is 0.111. The molecule has 1 aromatic heterocycles. The van der Waals surface area contributed by atoms with Crippen molar-refractivity contribution in [2.24, 2.45) is 0 Å². The monoisotopic (exact) mass is 218 g/mol. The second-order valence-corrected chi connectivity index (χ2v) is 5.15. The minimum atomic E-state index is 0.371. The smallest absolute Gasteiger partial charge is 0.160 e. The lowest BCUT2D eigenvalue weighted by atomic mass is 9.72. The van der Waals surface area contributed by atoms with Crippen LogP contribution in [0.1, 0.15) is 55.1 Å². The van der Waals surface area contributed by atoms with Gasteiger partial charge in [0, 0.05) is 11.8 Å². The highest BCUT2D eigenvalue weighted by Gasteiger charge is 2.34. The van der Waals surface area contributed by atoms with Crippen molar-refractivity contribution >= 4 is 23.9 Å². The van der Waals surface area contributed by atoms with E-state index >= 15 is 0 Å². The van der Waals surface area contributed by atoms with Gasteiger partial charge in [-0.2, -0.15) is 0 Å². The van der Waals surface area contributed by atoms with E-state index in [-0.39, 0.29) is 0 Å². The highest BCUT2D eigenvalue weighted by Crippen LogP contribution is 2.49. The predicted octanol–water partition coefficient (Wildman–Crippen LogP) is 2.90. The van der Waals surface area contributed by atoms with Gasteiger partial charge in [-0.25, -0.2) is 0 Å². The summed E-state index contributed by atoms with van der Waals surface area (Å²) in [5.74, 6) is 0.741. The fourth-order valence-electron chi connectivity index (χ4n) is 2.73. The van der Waals surface area contributed by atoms with Crippen LogP contribution in [0.2, 0.25) is 0 Å². The summed E-state index contributed by atoms with van der Waals surface area (Å²) in [5.41, 5.74) is 2.27. The zero-order valence-corrected chi connectivity index (χ0v) is 8.92. The maximum Gasteiger partial charge on any atom is 0.160 e. The van der Waals surface area contributed by atoms with Crippen LogP contribution in [-0.4, -0.2) is 12.6 Å². The van der Waals surface area contributed by atoms with Gasteiger partial charge in [0.1, 0.15) is 0 Å². The summed E-state index contributed by atoms with van der Waals surface area (Å²) in [6.45, 7) is 0. The van der Waals surface area contributed by atoms with E-state index in [1.165, 1.54) is 11.3 Å². The maximum absolute atomic E-state index is 11.0. The minimum absolute atomic E-state index is 0.371. The van der Waals surface area contributed by atoms with Gasteiger partial charge < -0.3 is 0 Å². The van der Waals surface area contributed by atoms with Crippen molar-refractivity contribution in [3.63, 3.8) is 0 Å². The molecule has 2 nitrogen and oxygen atoms in total. The number of fused-ring (bicyclic) bond motifs is 1. The van der Waals surface area contributed by atoms with Gasteiger partial charge in [0.05, 0.1) is 9.75 Å². The van der Waals surface area contributed by atoms with Crippen molar-refractivity contribution in [3.8, 4) is 0 Å².